The van der Waals surface area contributed by atoms with Crippen LogP contribution in [0.1, 0.15) is 33.3 Å². The third kappa shape index (κ3) is 3.17. The molecule has 1 aromatic heterocycles. The largest absolute Gasteiger partial charge is 0.497 e. The molecule has 1 amide bonds. The van der Waals surface area contributed by atoms with Crippen LogP contribution in [-0.2, 0) is 6.54 Å². The Morgan fingerprint density at radius 3 is 2.58 bits per heavy atom. The van der Waals surface area contributed by atoms with Gasteiger partial charge in [0.2, 0.25) is 5.76 Å². The van der Waals surface area contributed by atoms with Gasteiger partial charge in [-0.05, 0) is 41.5 Å². The lowest BCUT2D eigenvalue weighted by atomic mass is 9.98. The van der Waals surface area contributed by atoms with E-state index >= 15 is 0 Å². The van der Waals surface area contributed by atoms with Crippen molar-refractivity contribution in [3.63, 3.8) is 0 Å². The molecule has 6 heteroatoms. The zero-order valence-corrected chi connectivity index (χ0v) is 16.7. The number of hydrogen-bond donors (Lipinski definition) is 0. The first-order chi connectivity index (χ1) is 15.1. The summed E-state index contributed by atoms with van der Waals surface area (Å²) in [4.78, 5) is 28.4. The van der Waals surface area contributed by atoms with Crippen molar-refractivity contribution in [3.8, 4) is 5.75 Å². The van der Waals surface area contributed by atoms with Gasteiger partial charge >= 0.3 is 0 Å². The number of ether oxygens (including phenoxy) is 1. The Labute approximate surface area is 177 Å². The highest BCUT2D eigenvalue weighted by atomic mass is 19.1. The average molecular weight is 415 g/mol. The minimum absolute atomic E-state index is 0.00661. The lowest BCUT2D eigenvalue weighted by molar-refractivity contribution is 0.0714. The molecule has 0 aliphatic carbocycles. The van der Waals surface area contributed by atoms with Crippen LogP contribution >= 0.6 is 0 Å². The smallest absolute Gasteiger partial charge is 0.291 e. The Kier molecular flexibility index (Phi) is 4.55. The Hall–Kier alpha value is -3.93. The minimum Gasteiger partial charge on any atom is -0.497 e. The fourth-order valence-electron chi connectivity index (χ4n) is 4.09. The summed E-state index contributed by atoms with van der Waals surface area (Å²) in [5, 5.41) is 0.112. The Morgan fingerprint density at radius 1 is 1.00 bits per heavy atom. The molecule has 0 bridgehead atoms. The summed E-state index contributed by atoms with van der Waals surface area (Å²) >= 11 is 0. The standard InChI is InChI=1S/C25H18FNO4/c1-30-18-9-5-8-16(12-18)22-21-23(28)19-13-17(26)10-11-20(19)31-24(21)25(29)27(22)14-15-6-3-2-4-7-15/h2-13,22H,14H2,1H3. The zero-order valence-electron chi connectivity index (χ0n) is 16.7. The van der Waals surface area contributed by atoms with Gasteiger partial charge in [-0.15, -0.1) is 0 Å². The first-order valence-electron chi connectivity index (χ1n) is 9.82. The van der Waals surface area contributed by atoms with Crippen molar-refractivity contribution in [2.45, 2.75) is 12.6 Å². The number of carbonyl (C=O) groups excluding carboxylic acids is 1. The number of hydrogen-bond acceptors (Lipinski definition) is 4. The predicted octanol–water partition coefficient (Wildman–Crippen LogP) is 4.69. The molecule has 4 aromatic rings. The number of carbonyl (C=O) groups is 1. The zero-order chi connectivity index (χ0) is 21.5. The highest BCUT2D eigenvalue weighted by Gasteiger charge is 2.42. The van der Waals surface area contributed by atoms with Crippen LogP contribution in [0.2, 0.25) is 0 Å². The topological polar surface area (TPSA) is 59.8 Å². The third-order valence-electron chi connectivity index (χ3n) is 5.53. The summed E-state index contributed by atoms with van der Waals surface area (Å²) in [6.45, 7) is 0.288. The van der Waals surface area contributed by atoms with Gasteiger partial charge in [-0.1, -0.05) is 42.5 Å². The summed E-state index contributed by atoms with van der Waals surface area (Å²) < 4.78 is 25.0. The molecule has 0 spiro atoms. The molecule has 2 heterocycles. The lowest BCUT2D eigenvalue weighted by Gasteiger charge is -2.25. The number of rotatable bonds is 4. The molecule has 5 nitrogen and oxygen atoms in total. The minimum atomic E-state index is -0.679. The van der Waals surface area contributed by atoms with Crippen molar-refractivity contribution in [3.05, 3.63) is 111 Å². The van der Waals surface area contributed by atoms with E-state index in [1.807, 2.05) is 36.4 Å². The maximum atomic E-state index is 13.9. The van der Waals surface area contributed by atoms with Gasteiger partial charge in [0.05, 0.1) is 24.1 Å². The number of nitrogens with zero attached hydrogens (tertiary/aromatic N) is 1. The van der Waals surface area contributed by atoms with Crippen molar-refractivity contribution >= 4 is 16.9 Å². The number of benzene rings is 3. The maximum absolute atomic E-state index is 13.9. The molecule has 31 heavy (non-hydrogen) atoms. The fourth-order valence-corrected chi connectivity index (χ4v) is 4.09. The first-order valence-corrected chi connectivity index (χ1v) is 9.82. The van der Waals surface area contributed by atoms with Crippen LogP contribution in [0.4, 0.5) is 4.39 Å². The van der Waals surface area contributed by atoms with Crippen LogP contribution in [0.5, 0.6) is 5.75 Å². The normalized spacial score (nSPS) is 15.4. The van der Waals surface area contributed by atoms with Crippen LogP contribution in [0, 0.1) is 5.82 Å². The van der Waals surface area contributed by atoms with Gasteiger partial charge in [0.25, 0.3) is 5.91 Å². The predicted molar refractivity (Wildman–Crippen MR) is 114 cm³/mol. The summed E-state index contributed by atoms with van der Waals surface area (Å²) in [6, 6.07) is 19.8. The van der Waals surface area contributed by atoms with Crippen molar-refractivity contribution in [2.75, 3.05) is 7.11 Å². The van der Waals surface area contributed by atoms with Gasteiger partial charge in [-0.2, -0.15) is 0 Å². The van der Waals surface area contributed by atoms with Gasteiger partial charge < -0.3 is 14.1 Å². The summed E-state index contributed by atoms with van der Waals surface area (Å²) in [5.74, 6) is -0.319. The molecule has 0 radical (unpaired) electrons. The summed E-state index contributed by atoms with van der Waals surface area (Å²) in [7, 11) is 1.55. The van der Waals surface area contributed by atoms with Gasteiger partial charge in [0, 0.05) is 6.54 Å². The molecule has 0 saturated carbocycles. The van der Waals surface area contributed by atoms with Crippen LogP contribution in [-0.4, -0.2) is 17.9 Å². The fraction of sp³-hybridized carbons (Fsp3) is 0.120. The Balaban J connectivity index is 1.75. The van der Waals surface area contributed by atoms with E-state index in [0.29, 0.717) is 11.3 Å². The quantitative estimate of drug-likeness (QED) is 0.485. The van der Waals surface area contributed by atoms with E-state index in [1.54, 1.807) is 30.2 Å². The SMILES string of the molecule is COc1cccc(C2c3c(oc4ccc(F)cc4c3=O)C(=O)N2Cc2ccccc2)c1. The Morgan fingerprint density at radius 2 is 1.81 bits per heavy atom. The molecule has 5 rings (SSSR count). The van der Waals surface area contributed by atoms with Crippen LogP contribution in [0.25, 0.3) is 11.0 Å². The number of methoxy groups -OCH3 is 1. The second-order valence-electron chi connectivity index (χ2n) is 7.41. The van der Waals surface area contributed by atoms with Gasteiger partial charge in [-0.3, -0.25) is 9.59 Å². The molecule has 1 unspecified atom stereocenters. The molecule has 154 valence electrons. The van der Waals surface area contributed by atoms with E-state index in [4.69, 9.17) is 9.15 Å². The van der Waals surface area contributed by atoms with E-state index in [1.165, 1.54) is 12.1 Å². The van der Waals surface area contributed by atoms with Gasteiger partial charge in [0.15, 0.2) is 5.43 Å². The second kappa shape index (κ2) is 7.40. The van der Waals surface area contributed by atoms with E-state index in [9.17, 15) is 14.0 Å². The molecule has 0 N–H and O–H groups in total. The number of amides is 1. The van der Waals surface area contributed by atoms with Crippen LogP contribution in [0.3, 0.4) is 0 Å². The molecular weight excluding hydrogens is 397 g/mol. The summed E-state index contributed by atoms with van der Waals surface area (Å²) in [6.07, 6.45) is 0. The first kappa shape index (κ1) is 19.1. The maximum Gasteiger partial charge on any atom is 0.291 e. The van der Waals surface area contributed by atoms with Crippen molar-refractivity contribution in [1.82, 2.24) is 4.90 Å². The van der Waals surface area contributed by atoms with E-state index in [-0.39, 0.29) is 34.7 Å². The van der Waals surface area contributed by atoms with Gasteiger partial charge in [0.1, 0.15) is 17.1 Å². The van der Waals surface area contributed by atoms with Crippen LogP contribution in [0.15, 0.2) is 82.0 Å². The average Bonchev–Trinajstić information content (AvgIpc) is 3.07. The van der Waals surface area contributed by atoms with Gasteiger partial charge in [-0.25, -0.2) is 4.39 Å². The number of fused-ring (bicyclic) bond motifs is 2. The molecule has 1 aliphatic rings. The highest BCUT2D eigenvalue weighted by molar-refractivity contribution is 5.99. The molecule has 1 atom stereocenters. The molecule has 3 aromatic carbocycles. The molecular formula is C25H18FNO4. The lowest BCUT2D eigenvalue weighted by Crippen LogP contribution is -2.29. The molecule has 0 saturated heterocycles. The second-order valence-corrected chi connectivity index (χ2v) is 7.41. The number of halogens is 1. The van der Waals surface area contributed by atoms with E-state index < -0.39 is 17.3 Å². The molecule has 1 aliphatic heterocycles. The van der Waals surface area contributed by atoms with E-state index in [2.05, 4.69) is 0 Å². The van der Waals surface area contributed by atoms with E-state index in [0.717, 1.165) is 11.6 Å². The monoisotopic (exact) mass is 415 g/mol. The third-order valence-corrected chi connectivity index (χ3v) is 5.53. The highest BCUT2D eigenvalue weighted by Crippen LogP contribution is 2.40. The van der Waals surface area contributed by atoms with Crippen molar-refractivity contribution < 1.29 is 18.3 Å². The molecule has 0 fully saturated rings. The van der Waals surface area contributed by atoms with Crippen molar-refractivity contribution in [2.24, 2.45) is 0 Å². The summed E-state index contributed by atoms with van der Waals surface area (Å²) in [5.41, 5.74) is 1.62. The van der Waals surface area contributed by atoms with Crippen LogP contribution < -0.4 is 10.2 Å². The Bertz CT molecular complexity index is 1360. The van der Waals surface area contributed by atoms with Crippen molar-refractivity contribution in [1.29, 1.82) is 0 Å².